The van der Waals surface area contributed by atoms with Gasteiger partial charge < -0.3 is 4.74 Å². The van der Waals surface area contributed by atoms with E-state index >= 15 is 0 Å². The van der Waals surface area contributed by atoms with Crippen LogP contribution in [0.1, 0.15) is 42.5 Å². The summed E-state index contributed by atoms with van der Waals surface area (Å²) in [6.45, 7) is 0. The first-order valence-corrected chi connectivity index (χ1v) is 7.52. The van der Waals surface area contributed by atoms with E-state index in [0.717, 1.165) is 25.7 Å². The van der Waals surface area contributed by atoms with Crippen LogP contribution in [0.4, 0.5) is 0 Å². The van der Waals surface area contributed by atoms with Gasteiger partial charge in [-0.25, -0.2) is 0 Å². The lowest BCUT2D eigenvalue weighted by molar-refractivity contribution is -0.119. The maximum Gasteiger partial charge on any atom is 0.170 e. The lowest BCUT2D eigenvalue weighted by Crippen LogP contribution is -2.30. The van der Waals surface area contributed by atoms with Crippen molar-refractivity contribution in [1.29, 1.82) is 0 Å². The van der Waals surface area contributed by atoms with Crippen molar-refractivity contribution in [2.45, 2.75) is 35.5 Å². The van der Waals surface area contributed by atoms with Crippen molar-refractivity contribution in [3.8, 4) is 5.75 Å². The number of ether oxygens (including phenoxy) is 1. The van der Waals surface area contributed by atoms with E-state index in [1.54, 1.807) is 31.4 Å². The number of alkyl halides is 1. The number of benzene rings is 1. The molecule has 1 saturated carbocycles. The van der Waals surface area contributed by atoms with Gasteiger partial charge in [0.15, 0.2) is 11.6 Å². The highest BCUT2D eigenvalue weighted by Gasteiger charge is 2.38. The molecule has 0 N–H and O–H groups in total. The number of carbonyl (C=O) groups is 2. The van der Waals surface area contributed by atoms with Gasteiger partial charge in [0.25, 0.3) is 0 Å². The predicted molar refractivity (Wildman–Crippen MR) is 82.2 cm³/mol. The molecular formula is C15H17IO3. The normalized spacial score (nSPS) is 17.2. The highest BCUT2D eigenvalue weighted by Crippen LogP contribution is 2.39. The van der Waals surface area contributed by atoms with E-state index in [9.17, 15) is 9.59 Å². The van der Waals surface area contributed by atoms with Gasteiger partial charge in [-0.3, -0.25) is 9.59 Å². The van der Waals surface area contributed by atoms with Crippen LogP contribution in [-0.4, -0.2) is 22.1 Å². The molecule has 0 heterocycles. The van der Waals surface area contributed by atoms with Crippen LogP contribution < -0.4 is 4.74 Å². The third kappa shape index (κ3) is 3.35. The Kier molecular flexibility index (Phi) is 4.60. The van der Waals surface area contributed by atoms with E-state index in [-0.39, 0.29) is 21.4 Å². The first-order valence-electron chi connectivity index (χ1n) is 6.45. The predicted octanol–water partition coefficient (Wildman–Crippen LogP) is 3.58. The average molecular weight is 372 g/mol. The SMILES string of the molecule is COc1ccc(C(=O)CC(=O)C2(I)CCCC2)cc1. The molecule has 1 aliphatic carbocycles. The summed E-state index contributed by atoms with van der Waals surface area (Å²) in [5.41, 5.74) is 0.576. The minimum absolute atomic E-state index is 0.00920. The number of hydrogen-bond acceptors (Lipinski definition) is 3. The second-order valence-corrected chi connectivity index (χ2v) is 6.99. The van der Waals surface area contributed by atoms with Crippen LogP contribution in [0.25, 0.3) is 0 Å². The van der Waals surface area contributed by atoms with Gasteiger partial charge in [-0.05, 0) is 37.1 Å². The molecule has 4 heteroatoms. The average Bonchev–Trinajstić information content (AvgIpc) is 2.87. The molecular weight excluding hydrogens is 355 g/mol. The lowest BCUT2D eigenvalue weighted by Gasteiger charge is -2.18. The fourth-order valence-electron chi connectivity index (χ4n) is 2.40. The second-order valence-electron chi connectivity index (χ2n) is 4.92. The summed E-state index contributed by atoms with van der Waals surface area (Å²) < 4.78 is 4.74. The molecule has 3 nitrogen and oxygen atoms in total. The number of Topliss-reactive ketones (excluding diaryl/α,β-unsaturated/α-hetero) is 2. The maximum atomic E-state index is 12.2. The first kappa shape index (κ1) is 14.5. The third-order valence-electron chi connectivity index (χ3n) is 3.63. The van der Waals surface area contributed by atoms with Gasteiger partial charge in [-0.15, -0.1) is 0 Å². The molecule has 0 unspecified atom stereocenters. The van der Waals surface area contributed by atoms with Crippen molar-refractivity contribution < 1.29 is 14.3 Å². The van der Waals surface area contributed by atoms with Crippen LogP contribution in [-0.2, 0) is 4.79 Å². The Balaban J connectivity index is 2.02. The van der Waals surface area contributed by atoms with E-state index in [4.69, 9.17) is 4.74 Å². The quantitative estimate of drug-likeness (QED) is 0.344. The van der Waals surface area contributed by atoms with Crippen molar-refractivity contribution in [3.05, 3.63) is 29.8 Å². The van der Waals surface area contributed by atoms with Gasteiger partial charge in [0.1, 0.15) is 5.75 Å². The minimum Gasteiger partial charge on any atom is -0.497 e. The van der Waals surface area contributed by atoms with Gasteiger partial charge in [-0.2, -0.15) is 0 Å². The molecule has 19 heavy (non-hydrogen) atoms. The Hall–Kier alpha value is -0.910. The Morgan fingerprint density at radius 2 is 1.79 bits per heavy atom. The Labute approximate surface area is 126 Å². The highest BCUT2D eigenvalue weighted by molar-refractivity contribution is 14.1. The van der Waals surface area contributed by atoms with Crippen molar-refractivity contribution in [3.63, 3.8) is 0 Å². The van der Waals surface area contributed by atoms with E-state index in [0.29, 0.717) is 11.3 Å². The summed E-state index contributed by atoms with van der Waals surface area (Å²) in [5.74, 6) is 0.686. The largest absolute Gasteiger partial charge is 0.497 e. The third-order valence-corrected chi connectivity index (χ3v) is 5.31. The van der Waals surface area contributed by atoms with Gasteiger partial charge in [-0.1, -0.05) is 35.4 Å². The standard InChI is InChI=1S/C15H17IO3/c1-19-12-6-4-11(5-7-12)13(17)10-14(18)15(16)8-2-3-9-15/h4-7H,2-3,8-10H2,1H3. The summed E-state index contributed by atoms with van der Waals surface area (Å²) in [4.78, 5) is 24.3. The Morgan fingerprint density at radius 1 is 1.21 bits per heavy atom. The summed E-state index contributed by atoms with van der Waals surface area (Å²) in [6, 6.07) is 6.91. The van der Waals surface area contributed by atoms with Gasteiger partial charge >= 0.3 is 0 Å². The highest BCUT2D eigenvalue weighted by atomic mass is 127. The van der Waals surface area contributed by atoms with Crippen molar-refractivity contribution in [1.82, 2.24) is 0 Å². The smallest absolute Gasteiger partial charge is 0.170 e. The van der Waals surface area contributed by atoms with Crippen molar-refractivity contribution in [2.24, 2.45) is 0 Å². The monoisotopic (exact) mass is 372 g/mol. The molecule has 0 aliphatic heterocycles. The zero-order chi connectivity index (χ0) is 13.9. The lowest BCUT2D eigenvalue weighted by atomic mass is 9.96. The fourth-order valence-corrected chi connectivity index (χ4v) is 3.35. The summed E-state index contributed by atoms with van der Waals surface area (Å²) in [7, 11) is 1.58. The number of carbonyl (C=O) groups excluding carboxylic acids is 2. The van der Waals surface area contributed by atoms with E-state index < -0.39 is 0 Å². The maximum absolute atomic E-state index is 12.2. The number of halogens is 1. The van der Waals surface area contributed by atoms with Crippen LogP contribution in [0.5, 0.6) is 5.75 Å². The van der Waals surface area contributed by atoms with Crippen LogP contribution in [0.15, 0.2) is 24.3 Å². The fraction of sp³-hybridized carbons (Fsp3) is 0.467. The number of ketones is 2. The molecule has 2 rings (SSSR count). The molecule has 1 fully saturated rings. The molecule has 1 aliphatic rings. The van der Waals surface area contributed by atoms with Crippen LogP contribution in [0.3, 0.4) is 0 Å². The van der Waals surface area contributed by atoms with Crippen molar-refractivity contribution >= 4 is 34.2 Å². The van der Waals surface area contributed by atoms with E-state index in [1.807, 2.05) is 0 Å². The molecule has 0 spiro atoms. The van der Waals surface area contributed by atoms with Gasteiger partial charge in [0, 0.05) is 5.56 Å². The summed E-state index contributed by atoms with van der Waals surface area (Å²) in [5, 5.41) is 0. The molecule has 0 radical (unpaired) electrons. The molecule has 0 atom stereocenters. The zero-order valence-corrected chi connectivity index (χ0v) is 13.1. The topological polar surface area (TPSA) is 43.4 Å². The summed E-state index contributed by atoms with van der Waals surface area (Å²) in [6.07, 6.45) is 4.00. The molecule has 1 aromatic carbocycles. The zero-order valence-electron chi connectivity index (χ0n) is 10.9. The number of hydrogen-bond donors (Lipinski definition) is 0. The van der Waals surface area contributed by atoms with Crippen LogP contribution >= 0.6 is 22.6 Å². The number of methoxy groups -OCH3 is 1. The minimum atomic E-state index is -0.306. The number of rotatable bonds is 5. The van der Waals surface area contributed by atoms with Gasteiger partial charge in [0.2, 0.25) is 0 Å². The molecule has 0 saturated heterocycles. The van der Waals surface area contributed by atoms with Crippen LogP contribution in [0, 0.1) is 0 Å². The van der Waals surface area contributed by atoms with Gasteiger partial charge in [0.05, 0.1) is 17.0 Å². The van der Waals surface area contributed by atoms with E-state index in [2.05, 4.69) is 22.6 Å². The van der Waals surface area contributed by atoms with Crippen molar-refractivity contribution in [2.75, 3.05) is 7.11 Å². The molecule has 0 bridgehead atoms. The first-order chi connectivity index (χ1) is 9.05. The molecule has 102 valence electrons. The second kappa shape index (κ2) is 6.03. The van der Waals surface area contributed by atoms with E-state index in [1.165, 1.54) is 0 Å². The molecule has 0 aromatic heterocycles. The Morgan fingerprint density at radius 3 is 2.32 bits per heavy atom. The molecule has 1 aromatic rings. The molecule has 0 amide bonds. The summed E-state index contributed by atoms with van der Waals surface area (Å²) >= 11 is 2.23. The van der Waals surface area contributed by atoms with Crippen LogP contribution in [0.2, 0.25) is 0 Å². The Bertz CT molecular complexity index is 473.